The van der Waals surface area contributed by atoms with E-state index in [2.05, 4.69) is 5.32 Å². The first-order valence-electron chi connectivity index (χ1n) is 4.84. The third kappa shape index (κ3) is 2.70. The highest BCUT2D eigenvalue weighted by Crippen LogP contribution is 2.03. The molecule has 3 N–H and O–H groups in total. The summed E-state index contributed by atoms with van der Waals surface area (Å²) in [6, 6.07) is -0.483. The molecule has 2 atom stereocenters. The fourth-order valence-electron chi connectivity index (χ4n) is 1.52. The zero-order valence-electron chi connectivity index (χ0n) is 8.62. The first-order valence-corrected chi connectivity index (χ1v) is 4.84. The van der Waals surface area contributed by atoms with Crippen LogP contribution in [0.2, 0.25) is 0 Å². The van der Waals surface area contributed by atoms with Gasteiger partial charge in [-0.3, -0.25) is 9.59 Å². The van der Waals surface area contributed by atoms with Gasteiger partial charge in [0.15, 0.2) is 0 Å². The summed E-state index contributed by atoms with van der Waals surface area (Å²) in [7, 11) is 0. The smallest absolute Gasteiger partial charge is 0.244 e. The first-order chi connectivity index (χ1) is 6.50. The molecule has 0 aromatic rings. The molecule has 1 aliphatic heterocycles. The lowest BCUT2D eigenvalue weighted by molar-refractivity contribution is -0.133. The van der Waals surface area contributed by atoms with Crippen LogP contribution in [0.15, 0.2) is 0 Å². The van der Waals surface area contributed by atoms with Gasteiger partial charge in [0.1, 0.15) is 6.04 Å². The van der Waals surface area contributed by atoms with Gasteiger partial charge in [-0.2, -0.15) is 0 Å². The standard InChI is InChI=1S/C9H17N3O2/c1-6(10)5-12-4-3-8(13)11-7(2)9(12)14/h6-7H,3-5,10H2,1-2H3,(H,11,13). The SMILES string of the molecule is CC(N)CN1CCC(=O)NC(C)C1=O. The van der Waals surface area contributed by atoms with Crippen molar-refractivity contribution in [2.45, 2.75) is 32.4 Å². The predicted molar refractivity (Wildman–Crippen MR) is 52.5 cm³/mol. The molecule has 5 nitrogen and oxygen atoms in total. The largest absolute Gasteiger partial charge is 0.345 e. The van der Waals surface area contributed by atoms with Crippen LogP contribution in [-0.2, 0) is 9.59 Å². The van der Waals surface area contributed by atoms with Crippen molar-refractivity contribution in [3.8, 4) is 0 Å². The fraction of sp³-hybridized carbons (Fsp3) is 0.778. The Kier molecular flexibility index (Phi) is 3.46. The number of nitrogens with zero attached hydrogens (tertiary/aromatic N) is 1. The maximum absolute atomic E-state index is 11.7. The Morgan fingerprint density at radius 3 is 2.86 bits per heavy atom. The molecular formula is C9H17N3O2. The maximum Gasteiger partial charge on any atom is 0.244 e. The molecule has 0 radical (unpaired) electrons. The summed E-state index contributed by atoms with van der Waals surface area (Å²) in [4.78, 5) is 24.5. The molecule has 0 bridgehead atoms. The highest BCUT2D eigenvalue weighted by Gasteiger charge is 2.26. The highest BCUT2D eigenvalue weighted by atomic mass is 16.2. The van der Waals surface area contributed by atoms with Crippen molar-refractivity contribution < 1.29 is 9.59 Å². The summed E-state index contributed by atoms with van der Waals surface area (Å²) in [5.41, 5.74) is 5.62. The summed E-state index contributed by atoms with van der Waals surface area (Å²) in [5.74, 6) is -0.119. The van der Waals surface area contributed by atoms with Crippen LogP contribution in [0.5, 0.6) is 0 Å². The fourth-order valence-corrected chi connectivity index (χ4v) is 1.52. The lowest BCUT2D eigenvalue weighted by Gasteiger charge is -2.23. The molecule has 1 saturated heterocycles. The van der Waals surface area contributed by atoms with Crippen LogP contribution in [0.25, 0.3) is 0 Å². The van der Waals surface area contributed by atoms with Crippen LogP contribution in [0, 0.1) is 0 Å². The summed E-state index contributed by atoms with van der Waals surface area (Å²) >= 11 is 0. The minimum absolute atomic E-state index is 0.0480. The first kappa shape index (κ1) is 11.0. The molecule has 0 aromatic heterocycles. The van der Waals surface area contributed by atoms with Crippen LogP contribution < -0.4 is 11.1 Å². The molecule has 0 aliphatic carbocycles. The second-order valence-corrected chi connectivity index (χ2v) is 3.80. The molecule has 2 unspecified atom stereocenters. The highest BCUT2D eigenvalue weighted by molar-refractivity contribution is 5.89. The van der Waals surface area contributed by atoms with Crippen molar-refractivity contribution >= 4 is 11.8 Å². The molecular weight excluding hydrogens is 182 g/mol. The summed E-state index contributed by atoms with van der Waals surface area (Å²) in [6.07, 6.45) is 0.364. The van der Waals surface area contributed by atoms with Gasteiger partial charge in [-0.1, -0.05) is 0 Å². The van der Waals surface area contributed by atoms with Gasteiger partial charge in [-0.05, 0) is 13.8 Å². The summed E-state index contributed by atoms with van der Waals surface area (Å²) < 4.78 is 0. The topological polar surface area (TPSA) is 75.4 Å². The van der Waals surface area contributed by atoms with E-state index < -0.39 is 6.04 Å². The molecule has 14 heavy (non-hydrogen) atoms. The summed E-state index contributed by atoms with van der Waals surface area (Å²) in [5, 5.41) is 2.62. The van der Waals surface area contributed by atoms with E-state index in [9.17, 15) is 9.59 Å². The Hall–Kier alpha value is -1.10. The number of hydrogen-bond donors (Lipinski definition) is 2. The van der Waals surface area contributed by atoms with Crippen LogP contribution >= 0.6 is 0 Å². The van der Waals surface area contributed by atoms with E-state index in [-0.39, 0.29) is 17.9 Å². The van der Waals surface area contributed by atoms with Crippen molar-refractivity contribution in [2.24, 2.45) is 5.73 Å². The van der Waals surface area contributed by atoms with Crippen molar-refractivity contribution in [1.82, 2.24) is 10.2 Å². The number of carbonyl (C=O) groups is 2. The van der Waals surface area contributed by atoms with Gasteiger partial charge in [0.05, 0.1) is 0 Å². The molecule has 1 heterocycles. The van der Waals surface area contributed by atoms with Gasteiger partial charge >= 0.3 is 0 Å². The monoisotopic (exact) mass is 199 g/mol. The van der Waals surface area contributed by atoms with E-state index in [1.54, 1.807) is 11.8 Å². The van der Waals surface area contributed by atoms with Gasteiger partial charge in [0.25, 0.3) is 0 Å². The molecule has 5 heteroatoms. The number of amides is 2. The zero-order chi connectivity index (χ0) is 10.7. The van der Waals surface area contributed by atoms with Gasteiger partial charge in [0, 0.05) is 25.6 Å². The molecule has 0 spiro atoms. The third-order valence-electron chi connectivity index (χ3n) is 2.18. The Bertz CT molecular complexity index is 240. The normalized spacial score (nSPS) is 25.6. The van der Waals surface area contributed by atoms with E-state index in [1.165, 1.54) is 0 Å². The van der Waals surface area contributed by atoms with Crippen molar-refractivity contribution in [2.75, 3.05) is 13.1 Å². The Balaban J connectivity index is 2.65. The number of nitrogens with two attached hydrogens (primary N) is 1. The van der Waals surface area contributed by atoms with Crippen molar-refractivity contribution in [3.05, 3.63) is 0 Å². The van der Waals surface area contributed by atoms with Gasteiger partial charge < -0.3 is 16.0 Å². The molecule has 0 aromatic carbocycles. The van der Waals surface area contributed by atoms with E-state index in [0.29, 0.717) is 19.5 Å². The minimum Gasteiger partial charge on any atom is -0.345 e. The third-order valence-corrected chi connectivity index (χ3v) is 2.18. The lowest BCUT2D eigenvalue weighted by Crippen LogP contribution is -2.46. The maximum atomic E-state index is 11.7. The van der Waals surface area contributed by atoms with Gasteiger partial charge in [0.2, 0.25) is 11.8 Å². The van der Waals surface area contributed by atoms with Gasteiger partial charge in [-0.25, -0.2) is 0 Å². The average molecular weight is 199 g/mol. The molecule has 1 fully saturated rings. The van der Waals surface area contributed by atoms with E-state index in [4.69, 9.17) is 5.73 Å². The molecule has 0 saturated carbocycles. The second kappa shape index (κ2) is 4.41. The van der Waals surface area contributed by atoms with Crippen molar-refractivity contribution in [1.29, 1.82) is 0 Å². The zero-order valence-corrected chi connectivity index (χ0v) is 8.62. The lowest BCUT2D eigenvalue weighted by atomic mass is 10.2. The van der Waals surface area contributed by atoms with Gasteiger partial charge in [-0.15, -0.1) is 0 Å². The molecule has 2 amide bonds. The van der Waals surface area contributed by atoms with E-state index in [0.717, 1.165) is 0 Å². The Labute approximate surface area is 83.6 Å². The van der Waals surface area contributed by atoms with Crippen LogP contribution in [0.4, 0.5) is 0 Å². The number of nitrogens with one attached hydrogen (secondary N) is 1. The van der Waals surface area contributed by atoms with Crippen molar-refractivity contribution in [3.63, 3.8) is 0 Å². The average Bonchev–Trinajstić information content (AvgIpc) is 2.18. The van der Waals surface area contributed by atoms with Crippen LogP contribution in [0.3, 0.4) is 0 Å². The number of hydrogen-bond acceptors (Lipinski definition) is 3. The number of rotatable bonds is 2. The molecule has 80 valence electrons. The Morgan fingerprint density at radius 1 is 1.64 bits per heavy atom. The van der Waals surface area contributed by atoms with Crippen LogP contribution in [-0.4, -0.2) is 41.9 Å². The molecule has 1 rings (SSSR count). The minimum atomic E-state index is -0.427. The summed E-state index contributed by atoms with van der Waals surface area (Å²) in [6.45, 7) is 4.52. The molecule has 1 aliphatic rings. The van der Waals surface area contributed by atoms with E-state index >= 15 is 0 Å². The quantitative estimate of drug-likeness (QED) is 0.603. The van der Waals surface area contributed by atoms with Crippen LogP contribution in [0.1, 0.15) is 20.3 Å². The predicted octanol–water partition coefficient (Wildman–Crippen LogP) is -0.929. The Morgan fingerprint density at radius 2 is 2.29 bits per heavy atom. The second-order valence-electron chi connectivity index (χ2n) is 3.80. The number of carbonyl (C=O) groups excluding carboxylic acids is 2. The van der Waals surface area contributed by atoms with E-state index in [1.807, 2.05) is 6.92 Å².